The minimum Gasteiger partial charge on any atom is -0.508 e. The molecule has 4 nitrogen and oxygen atoms in total. The molecule has 0 aliphatic carbocycles. The van der Waals surface area contributed by atoms with E-state index in [4.69, 9.17) is 9.94 Å². The van der Waals surface area contributed by atoms with Crippen molar-refractivity contribution in [3.63, 3.8) is 0 Å². The maximum absolute atomic E-state index is 13.1. The number of fused-ring (bicyclic) bond motifs is 1. The number of hydroxylamine groups is 1. The number of hydrogen-bond acceptors (Lipinski definition) is 3. The Morgan fingerprint density at radius 2 is 2.31 bits per heavy atom. The van der Waals surface area contributed by atoms with Gasteiger partial charge in [0, 0.05) is 17.7 Å². The van der Waals surface area contributed by atoms with Crippen LogP contribution in [0.2, 0.25) is 0 Å². The molecule has 1 aliphatic heterocycles. The standard InChI is InChI=1S/C8H6FNO3/c9-6-1-4(11)2-7-5(6)3-8(12)10-13-7/h1-2,11H,3H2,(H,10,12). The fraction of sp³-hybridized carbons (Fsp3) is 0.125. The second-order valence-corrected chi connectivity index (χ2v) is 2.71. The highest BCUT2D eigenvalue weighted by Gasteiger charge is 2.21. The first-order valence-corrected chi connectivity index (χ1v) is 3.64. The van der Waals surface area contributed by atoms with Crippen molar-refractivity contribution in [2.45, 2.75) is 6.42 Å². The number of carbonyl (C=O) groups excluding carboxylic acids is 1. The predicted octanol–water partition coefficient (Wildman–Crippen LogP) is 0.497. The van der Waals surface area contributed by atoms with Crippen LogP contribution in [0.25, 0.3) is 0 Å². The summed E-state index contributed by atoms with van der Waals surface area (Å²) < 4.78 is 13.1. The summed E-state index contributed by atoms with van der Waals surface area (Å²) in [6.07, 6.45) is -0.0680. The quantitative estimate of drug-likeness (QED) is 0.615. The van der Waals surface area contributed by atoms with Crippen LogP contribution in [0.1, 0.15) is 5.56 Å². The second-order valence-electron chi connectivity index (χ2n) is 2.71. The molecular formula is C8H6FNO3. The Balaban J connectivity index is 2.53. The monoisotopic (exact) mass is 183 g/mol. The van der Waals surface area contributed by atoms with Gasteiger partial charge in [0.2, 0.25) is 0 Å². The van der Waals surface area contributed by atoms with E-state index in [-0.39, 0.29) is 23.5 Å². The zero-order valence-electron chi connectivity index (χ0n) is 6.50. The van der Waals surface area contributed by atoms with Gasteiger partial charge in [-0.1, -0.05) is 0 Å². The Morgan fingerprint density at radius 3 is 3.08 bits per heavy atom. The summed E-state index contributed by atoms with van der Waals surface area (Å²) in [5.41, 5.74) is 2.24. The molecule has 1 aliphatic rings. The first-order chi connectivity index (χ1) is 6.16. The lowest BCUT2D eigenvalue weighted by Crippen LogP contribution is -2.33. The molecule has 68 valence electrons. The van der Waals surface area contributed by atoms with Crippen molar-refractivity contribution in [2.75, 3.05) is 0 Å². The molecule has 2 rings (SSSR count). The Hall–Kier alpha value is -1.78. The topological polar surface area (TPSA) is 58.6 Å². The molecule has 0 atom stereocenters. The fourth-order valence-electron chi connectivity index (χ4n) is 1.17. The van der Waals surface area contributed by atoms with Gasteiger partial charge in [0.05, 0.1) is 6.42 Å². The average Bonchev–Trinajstić information content (AvgIpc) is 2.06. The molecule has 0 bridgehead atoms. The van der Waals surface area contributed by atoms with Crippen molar-refractivity contribution in [2.24, 2.45) is 0 Å². The van der Waals surface area contributed by atoms with Crippen LogP contribution < -0.4 is 10.3 Å². The summed E-state index contributed by atoms with van der Waals surface area (Å²) >= 11 is 0. The molecule has 0 saturated heterocycles. The summed E-state index contributed by atoms with van der Waals surface area (Å²) in [4.78, 5) is 15.5. The highest BCUT2D eigenvalue weighted by molar-refractivity contribution is 5.80. The van der Waals surface area contributed by atoms with Gasteiger partial charge >= 0.3 is 0 Å². The molecule has 5 heteroatoms. The van der Waals surface area contributed by atoms with Crippen LogP contribution >= 0.6 is 0 Å². The van der Waals surface area contributed by atoms with Crippen molar-refractivity contribution < 1.29 is 19.1 Å². The minimum absolute atomic E-state index is 0.0680. The number of halogens is 1. The summed E-state index contributed by atoms with van der Waals surface area (Å²) in [6.45, 7) is 0. The predicted molar refractivity (Wildman–Crippen MR) is 40.5 cm³/mol. The van der Waals surface area contributed by atoms with Crippen LogP contribution in [0.15, 0.2) is 12.1 Å². The van der Waals surface area contributed by atoms with Gasteiger partial charge in [-0.3, -0.25) is 4.79 Å². The second kappa shape index (κ2) is 2.62. The third-order valence-electron chi connectivity index (χ3n) is 1.75. The van der Waals surface area contributed by atoms with E-state index in [1.54, 1.807) is 0 Å². The molecule has 0 aromatic heterocycles. The Bertz CT molecular complexity index is 378. The highest BCUT2D eigenvalue weighted by atomic mass is 19.1. The van der Waals surface area contributed by atoms with Crippen LogP contribution in [-0.4, -0.2) is 11.0 Å². The first-order valence-electron chi connectivity index (χ1n) is 3.64. The molecule has 2 N–H and O–H groups in total. The lowest BCUT2D eigenvalue weighted by atomic mass is 10.1. The molecule has 1 aromatic rings. The Morgan fingerprint density at radius 1 is 1.54 bits per heavy atom. The van der Waals surface area contributed by atoms with Crippen molar-refractivity contribution in [3.05, 3.63) is 23.5 Å². The van der Waals surface area contributed by atoms with E-state index < -0.39 is 11.7 Å². The average molecular weight is 183 g/mol. The van der Waals surface area contributed by atoms with Gasteiger partial charge in [0.15, 0.2) is 5.75 Å². The van der Waals surface area contributed by atoms with E-state index in [2.05, 4.69) is 5.48 Å². The van der Waals surface area contributed by atoms with Gasteiger partial charge in [-0.25, -0.2) is 4.39 Å². The van der Waals surface area contributed by atoms with Crippen molar-refractivity contribution in [1.82, 2.24) is 5.48 Å². The lowest BCUT2D eigenvalue weighted by molar-refractivity contribution is -0.128. The first kappa shape index (κ1) is 7.85. The van der Waals surface area contributed by atoms with Crippen LogP contribution in [-0.2, 0) is 11.2 Å². The number of nitrogens with one attached hydrogen (secondary N) is 1. The zero-order valence-corrected chi connectivity index (χ0v) is 6.50. The summed E-state index contributed by atoms with van der Waals surface area (Å²) in [5, 5.41) is 9.00. The lowest BCUT2D eigenvalue weighted by Gasteiger charge is -2.17. The normalized spacial score (nSPS) is 14.4. The molecule has 0 saturated carbocycles. The molecule has 0 unspecified atom stereocenters. The minimum atomic E-state index is -0.634. The molecule has 0 radical (unpaired) electrons. The SMILES string of the molecule is O=C1Cc2c(F)cc(O)cc2ON1. The molecular weight excluding hydrogens is 177 g/mol. The molecule has 1 aromatic carbocycles. The van der Waals surface area contributed by atoms with Gasteiger partial charge in [0.1, 0.15) is 11.6 Å². The number of aromatic hydroxyl groups is 1. The summed E-state index contributed by atoms with van der Waals surface area (Å²) in [5.74, 6) is -1.12. The van der Waals surface area contributed by atoms with Crippen LogP contribution in [0.5, 0.6) is 11.5 Å². The molecule has 1 amide bonds. The molecule has 0 fully saturated rings. The van der Waals surface area contributed by atoms with Gasteiger partial charge in [0.25, 0.3) is 5.91 Å². The summed E-state index contributed by atoms with van der Waals surface area (Å²) in [7, 11) is 0. The third kappa shape index (κ3) is 1.28. The fourth-order valence-corrected chi connectivity index (χ4v) is 1.17. The zero-order chi connectivity index (χ0) is 9.42. The largest absolute Gasteiger partial charge is 0.508 e. The maximum atomic E-state index is 13.1. The van der Waals surface area contributed by atoms with E-state index >= 15 is 0 Å². The van der Waals surface area contributed by atoms with Crippen molar-refractivity contribution in [3.8, 4) is 11.5 Å². The van der Waals surface area contributed by atoms with Crippen LogP contribution in [0, 0.1) is 5.82 Å². The van der Waals surface area contributed by atoms with E-state index in [9.17, 15) is 9.18 Å². The smallest absolute Gasteiger partial charge is 0.257 e. The third-order valence-corrected chi connectivity index (χ3v) is 1.75. The van der Waals surface area contributed by atoms with E-state index in [1.165, 1.54) is 6.07 Å². The van der Waals surface area contributed by atoms with E-state index in [0.29, 0.717) is 0 Å². The van der Waals surface area contributed by atoms with Gasteiger partial charge in [-0.2, -0.15) is 5.48 Å². The number of phenols is 1. The van der Waals surface area contributed by atoms with E-state index in [1.807, 2.05) is 0 Å². The molecule has 13 heavy (non-hydrogen) atoms. The van der Waals surface area contributed by atoms with Crippen molar-refractivity contribution >= 4 is 5.91 Å². The van der Waals surface area contributed by atoms with E-state index in [0.717, 1.165) is 6.07 Å². The van der Waals surface area contributed by atoms with Crippen molar-refractivity contribution in [1.29, 1.82) is 0 Å². The van der Waals surface area contributed by atoms with Gasteiger partial charge in [-0.15, -0.1) is 0 Å². The number of carbonyl (C=O) groups is 1. The summed E-state index contributed by atoms with van der Waals surface area (Å²) in [6, 6.07) is 2.19. The van der Waals surface area contributed by atoms with Gasteiger partial charge in [-0.05, 0) is 0 Å². The molecule has 0 spiro atoms. The number of hydrogen-bond donors (Lipinski definition) is 2. The Kier molecular flexibility index (Phi) is 1.58. The number of rotatable bonds is 0. The number of benzene rings is 1. The highest BCUT2D eigenvalue weighted by Crippen LogP contribution is 2.28. The van der Waals surface area contributed by atoms with Crippen LogP contribution in [0.3, 0.4) is 0 Å². The van der Waals surface area contributed by atoms with Gasteiger partial charge < -0.3 is 9.94 Å². The maximum Gasteiger partial charge on any atom is 0.257 e. The Labute approximate surface area is 72.9 Å². The number of amides is 1. The van der Waals surface area contributed by atoms with Crippen LogP contribution in [0.4, 0.5) is 4.39 Å². The molecule has 1 heterocycles. The number of phenolic OH excluding ortho intramolecular Hbond substituents is 1.